The van der Waals surface area contributed by atoms with Crippen molar-refractivity contribution in [3.63, 3.8) is 0 Å². The van der Waals surface area contributed by atoms with E-state index in [2.05, 4.69) is 27.5 Å². The van der Waals surface area contributed by atoms with Crippen LogP contribution in [0.1, 0.15) is 36.8 Å². The number of benzene rings is 1. The van der Waals surface area contributed by atoms with Crippen LogP contribution < -0.4 is 10.6 Å². The first-order chi connectivity index (χ1) is 10.1. The third kappa shape index (κ3) is 4.27. The van der Waals surface area contributed by atoms with Crippen molar-refractivity contribution >= 4 is 17.5 Å². The lowest BCUT2D eigenvalue weighted by atomic mass is 10.1. The number of nitrogens with zero attached hydrogens (tertiary/aromatic N) is 2. The van der Waals surface area contributed by atoms with Crippen LogP contribution >= 0.6 is 0 Å². The van der Waals surface area contributed by atoms with E-state index in [0.29, 0.717) is 11.6 Å². The first-order valence-electron chi connectivity index (χ1n) is 7.08. The molecule has 0 fully saturated rings. The van der Waals surface area contributed by atoms with E-state index in [9.17, 15) is 4.79 Å². The van der Waals surface area contributed by atoms with Gasteiger partial charge in [0.05, 0.1) is 0 Å². The second-order valence-corrected chi connectivity index (χ2v) is 5.07. The fourth-order valence-corrected chi connectivity index (χ4v) is 1.83. The summed E-state index contributed by atoms with van der Waals surface area (Å²) in [5.74, 6) is 0.215. The Balaban J connectivity index is 2.08. The third-order valence-corrected chi connectivity index (χ3v) is 2.93. The zero-order valence-electron chi connectivity index (χ0n) is 12.6. The molecule has 1 aromatic heterocycles. The molecule has 0 aliphatic rings. The van der Waals surface area contributed by atoms with Crippen molar-refractivity contribution in [3.8, 4) is 0 Å². The Labute approximate surface area is 124 Å². The average molecular weight is 284 g/mol. The lowest BCUT2D eigenvalue weighted by molar-refractivity contribution is 0.102. The van der Waals surface area contributed by atoms with Gasteiger partial charge in [0.15, 0.2) is 0 Å². The van der Waals surface area contributed by atoms with E-state index in [4.69, 9.17) is 0 Å². The van der Waals surface area contributed by atoms with Crippen LogP contribution in [0.3, 0.4) is 0 Å². The van der Waals surface area contributed by atoms with E-state index in [0.717, 1.165) is 12.1 Å². The van der Waals surface area contributed by atoms with Crippen molar-refractivity contribution in [2.24, 2.45) is 0 Å². The van der Waals surface area contributed by atoms with Crippen LogP contribution in [0, 0.1) is 0 Å². The highest BCUT2D eigenvalue weighted by Gasteiger charge is 2.09. The summed E-state index contributed by atoms with van der Waals surface area (Å²) in [6, 6.07) is 9.60. The topological polar surface area (TPSA) is 66.9 Å². The van der Waals surface area contributed by atoms with Gasteiger partial charge in [-0.15, -0.1) is 0 Å². The molecule has 0 radical (unpaired) electrons. The molecule has 1 amide bonds. The van der Waals surface area contributed by atoms with Gasteiger partial charge in [-0.05, 0) is 44.0 Å². The molecule has 0 aliphatic heterocycles. The highest BCUT2D eigenvalue weighted by Crippen LogP contribution is 2.11. The maximum atomic E-state index is 12.2. The van der Waals surface area contributed by atoms with Crippen molar-refractivity contribution in [2.45, 2.75) is 33.2 Å². The van der Waals surface area contributed by atoms with Gasteiger partial charge in [0.25, 0.3) is 5.91 Å². The summed E-state index contributed by atoms with van der Waals surface area (Å²) < 4.78 is 0. The van der Waals surface area contributed by atoms with Crippen LogP contribution in [-0.2, 0) is 6.42 Å². The molecule has 0 atom stereocenters. The molecular formula is C16H20N4O. The SMILES string of the molecule is CCc1ccc(NC(=O)c2ccnc(NC(C)C)n2)cc1. The summed E-state index contributed by atoms with van der Waals surface area (Å²) in [5, 5.41) is 5.91. The van der Waals surface area contributed by atoms with Gasteiger partial charge < -0.3 is 10.6 Å². The number of hydrogen-bond acceptors (Lipinski definition) is 4. The molecule has 110 valence electrons. The van der Waals surface area contributed by atoms with E-state index < -0.39 is 0 Å². The van der Waals surface area contributed by atoms with Crippen molar-refractivity contribution in [2.75, 3.05) is 10.6 Å². The highest BCUT2D eigenvalue weighted by atomic mass is 16.1. The summed E-state index contributed by atoms with van der Waals surface area (Å²) in [6.45, 7) is 6.08. The molecule has 5 heteroatoms. The van der Waals surface area contributed by atoms with Crippen LogP contribution in [0.15, 0.2) is 36.5 Å². The fourth-order valence-electron chi connectivity index (χ4n) is 1.83. The molecule has 5 nitrogen and oxygen atoms in total. The van der Waals surface area contributed by atoms with E-state index in [1.807, 2.05) is 38.1 Å². The Bertz CT molecular complexity index is 608. The Morgan fingerprint density at radius 3 is 2.52 bits per heavy atom. The average Bonchev–Trinajstić information content (AvgIpc) is 2.47. The predicted octanol–water partition coefficient (Wildman–Crippen LogP) is 3.11. The number of amides is 1. The molecule has 2 aromatic rings. The molecule has 0 spiro atoms. The van der Waals surface area contributed by atoms with E-state index in [1.54, 1.807) is 12.3 Å². The first-order valence-corrected chi connectivity index (χ1v) is 7.08. The zero-order valence-corrected chi connectivity index (χ0v) is 12.6. The van der Waals surface area contributed by atoms with E-state index >= 15 is 0 Å². The maximum Gasteiger partial charge on any atom is 0.274 e. The van der Waals surface area contributed by atoms with Crippen LogP contribution in [0.5, 0.6) is 0 Å². The van der Waals surface area contributed by atoms with Crippen LogP contribution in [0.25, 0.3) is 0 Å². The van der Waals surface area contributed by atoms with Gasteiger partial charge in [-0.1, -0.05) is 19.1 Å². The molecule has 21 heavy (non-hydrogen) atoms. The van der Waals surface area contributed by atoms with E-state index in [-0.39, 0.29) is 11.9 Å². The molecule has 1 aromatic carbocycles. The summed E-state index contributed by atoms with van der Waals surface area (Å²) in [6.07, 6.45) is 2.55. The third-order valence-electron chi connectivity index (χ3n) is 2.93. The number of aryl methyl sites for hydroxylation is 1. The predicted molar refractivity (Wildman–Crippen MR) is 84.6 cm³/mol. The lowest BCUT2D eigenvalue weighted by Crippen LogP contribution is -2.17. The Morgan fingerprint density at radius 2 is 1.90 bits per heavy atom. The fraction of sp³-hybridized carbons (Fsp3) is 0.312. The van der Waals surface area contributed by atoms with Gasteiger partial charge in [-0.25, -0.2) is 9.97 Å². The summed E-state index contributed by atoms with van der Waals surface area (Å²) in [5.41, 5.74) is 2.33. The van der Waals surface area contributed by atoms with Gasteiger partial charge in [0.1, 0.15) is 5.69 Å². The summed E-state index contributed by atoms with van der Waals surface area (Å²) in [7, 11) is 0. The molecule has 0 unspecified atom stereocenters. The highest BCUT2D eigenvalue weighted by molar-refractivity contribution is 6.02. The number of anilines is 2. The number of carbonyl (C=O) groups is 1. The van der Waals surface area contributed by atoms with Gasteiger partial charge >= 0.3 is 0 Å². The van der Waals surface area contributed by atoms with Gasteiger partial charge in [0.2, 0.25) is 5.95 Å². The first kappa shape index (κ1) is 15.0. The zero-order chi connectivity index (χ0) is 15.2. The molecule has 1 heterocycles. The molecule has 2 N–H and O–H groups in total. The number of hydrogen-bond donors (Lipinski definition) is 2. The van der Waals surface area contributed by atoms with Crippen molar-refractivity contribution < 1.29 is 4.79 Å². The minimum Gasteiger partial charge on any atom is -0.352 e. The van der Waals surface area contributed by atoms with Gasteiger partial charge in [-0.2, -0.15) is 0 Å². The number of nitrogens with one attached hydrogen (secondary N) is 2. The maximum absolute atomic E-state index is 12.2. The van der Waals surface area contributed by atoms with Gasteiger partial charge in [0, 0.05) is 17.9 Å². The number of rotatable bonds is 5. The minimum absolute atomic E-state index is 0.213. The molecular weight excluding hydrogens is 264 g/mol. The molecule has 2 rings (SSSR count). The minimum atomic E-state index is -0.242. The van der Waals surface area contributed by atoms with Crippen LogP contribution in [0.4, 0.5) is 11.6 Å². The standard InChI is InChI=1S/C16H20N4O/c1-4-12-5-7-13(8-6-12)19-15(21)14-9-10-17-16(20-14)18-11(2)3/h5-11H,4H2,1-3H3,(H,19,21)(H,17,18,20). The smallest absolute Gasteiger partial charge is 0.274 e. The van der Waals surface area contributed by atoms with Gasteiger partial charge in [-0.3, -0.25) is 4.79 Å². The van der Waals surface area contributed by atoms with Crippen LogP contribution in [-0.4, -0.2) is 21.9 Å². The summed E-state index contributed by atoms with van der Waals surface area (Å²) >= 11 is 0. The molecule has 0 saturated carbocycles. The Kier molecular flexibility index (Phi) is 4.87. The normalized spacial score (nSPS) is 10.5. The van der Waals surface area contributed by atoms with E-state index in [1.165, 1.54) is 5.56 Å². The Hall–Kier alpha value is -2.43. The van der Waals surface area contributed by atoms with Crippen molar-refractivity contribution in [1.29, 1.82) is 0 Å². The number of carbonyl (C=O) groups excluding carboxylic acids is 1. The van der Waals surface area contributed by atoms with Crippen molar-refractivity contribution in [3.05, 3.63) is 47.8 Å². The van der Waals surface area contributed by atoms with Crippen LogP contribution in [0.2, 0.25) is 0 Å². The van der Waals surface area contributed by atoms with Crippen molar-refractivity contribution in [1.82, 2.24) is 9.97 Å². The lowest BCUT2D eigenvalue weighted by Gasteiger charge is -2.09. The Morgan fingerprint density at radius 1 is 1.19 bits per heavy atom. The monoisotopic (exact) mass is 284 g/mol. The second-order valence-electron chi connectivity index (χ2n) is 5.07. The second kappa shape index (κ2) is 6.83. The molecule has 0 aliphatic carbocycles. The quantitative estimate of drug-likeness (QED) is 0.885. The largest absolute Gasteiger partial charge is 0.352 e. The molecule has 0 saturated heterocycles. The summed E-state index contributed by atoms with van der Waals surface area (Å²) in [4.78, 5) is 20.5. The molecule has 0 bridgehead atoms. The number of aromatic nitrogens is 2.